The summed E-state index contributed by atoms with van der Waals surface area (Å²) in [6.45, 7) is 7.79. The van der Waals surface area contributed by atoms with Gasteiger partial charge in [-0.15, -0.1) is 0 Å². The van der Waals surface area contributed by atoms with E-state index in [1.54, 1.807) is 0 Å². The van der Waals surface area contributed by atoms with E-state index >= 15 is 0 Å². The molecule has 0 radical (unpaired) electrons. The van der Waals surface area contributed by atoms with Crippen LogP contribution in [0.4, 0.5) is 0 Å². The first kappa shape index (κ1) is 12.7. The maximum absolute atomic E-state index is 11.9. The fourth-order valence-corrected chi connectivity index (χ4v) is 1.90. The van der Waals surface area contributed by atoms with Crippen LogP contribution in [-0.2, 0) is 0 Å². The van der Waals surface area contributed by atoms with Crippen molar-refractivity contribution in [3.63, 3.8) is 0 Å². The van der Waals surface area contributed by atoms with E-state index in [2.05, 4.69) is 4.98 Å². The zero-order valence-electron chi connectivity index (χ0n) is 11.3. The van der Waals surface area contributed by atoms with Gasteiger partial charge in [-0.05, 0) is 32.0 Å². The zero-order chi connectivity index (χ0) is 13.3. The molecule has 0 atom stereocenters. The SMILES string of the molecule is CC(C)Oc1ccc2cc(C(=O)C(C)C)[nH]c2c1. The number of Topliss-reactive ketones (excluding diaryl/α,β-unsaturated/α-hetero) is 1. The summed E-state index contributed by atoms with van der Waals surface area (Å²) in [6, 6.07) is 7.74. The number of aromatic nitrogens is 1. The molecule has 1 aromatic heterocycles. The van der Waals surface area contributed by atoms with Crippen molar-refractivity contribution >= 4 is 16.7 Å². The minimum Gasteiger partial charge on any atom is -0.491 e. The average Bonchev–Trinajstić information content (AvgIpc) is 2.69. The van der Waals surface area contributed by atoms with Gasteiger partial charge in [-0.2, -0.15) is 0 Å². The maximum atomic E-state index is 11.9. The van der Waals surface area contributed by atoms with Crippen molar-refractivity contribution in [2.45, 2.75) is 33.8 Å². The Morgan fingerprint density at radius 3 is 2.50 bits per heavy atom. The number of aromatic amines is 1. The molecule has 0 unspecified atom stereocenters. The molecule has 0 aliphatic rings. The van der Waals surface area contributed by atoms with Crippen LogP contribution in [0.3, 0.4) is 0 Å². The highest BCUT2D eigenvalue weighted by Gasteiger charge is 2.13. The first-order valence-electron chi connectivity index (χ1n) is 6.31. The van der Waals surface area contributed by atoms with E-state index in [1.165, 1.54) is 0 Å². The van der Waals surface area contributed by atoms with Crippen molar-refractivity contribution in [3.8, 4) is 5.75 Å². The first-order valence-corrected chi connectivity index (χ1v) is 6.31. The summed E-state index contributed by atoms with van der Waals surface area (Å²) in [5, 5.41) is 1.04. The summed E-state index contributed by atoms with van der Waals surface area (Å²) in [7, 11) is 0. The maximum Gasteiger partial charge on any atom is 0.181 e. The number of carbonyl (C=O) groups excluding carboxylic acids is 1. The van der Waals surface area contributed by atoms with Crippen molar-refractivity contribution < 1.29 is 9.53 Å². The van der Waals surface area contributed by atoms with E-state index < -0.39 is 0 Å². The Morgan fingerprint density at radius 1 is 1.17 bits per heavy atom. The van der Waals surface area contributed by atoms with Crippen molar-refractivity contribution in [3.05, 3.63) is 30.0 Å². The van der Waals surface area contributed by atoms with Gasteiger partial charge < -0.3 is 9.72 Å². The van der Waals surface area contributed by atoms with E-state index in [9.17, 15) is 4.79 Å². The lowest BCUT2D eigenvalue weighted by atomic mass is 10.1. The summed E-state index contributed by atoms with van der Waals surface area (Å²) >= 11 is 0. The molecule has 3 nitrogen and oxygen atoms in total. The fraction of sp³-hybridized carbons (Fsp3) is 0.400. The molecule has 0 bridgehead atoms. The van der Waals surface area contributed by atoms with Crippen molar-refractivity contribution in [2.24, 2.45) is 5.92 Å². The van der Waals surface area contributed by atoms with Gasteiger partial charge in [0.05, 0.1) is 11.8 Å². The summed E-state index contributed by atoms with van der Waals surface area (Å²) in [5.74, 6) is 0.963. The van der Waals surface area contributed by atoms with Crippen LogP contribution < -0.4 is 4.74 Å². The van der Waals surface area contributed by atoms with Gasteiger partial charge in [0.15, 0.2) is 5.78 Å². The van der Waals surface area contributed by atoms with Gasteiger partial charge in [0.1, 0.15) is 5.75 Å². The summed E-state index contributed by atoms with van der Waals surface area (Å²) in [5.41, 5.74) is 1.61. The first-order chi connectivity index (χ1) is 8.47. The molecule has 0 spiro atoms. The molecule has 0 fully saturated rings. The number of hydrogen-bond acceptors (Lipinski definition) is 2. The van der Waals surface area contributed by atoms with E-state index in [0.29, 0.717) is 5.69 Å². The lowest BCUT2D eigenvalue weighted by Gasteiger charge is -2.08. The average molecular weight is 245 g/mol. The Labute approximate surface area is 107 Å². The van der Waals surface area contributed by atoms with Gasteiger partial charge in [-0.1, -0.05) is 13.8 Å². The number of rotatable bonds is 4. The molecule has 2 rings (SSSR count). The van der Waals surface area contributed by atoms with Crippen LogP contribution in [0.15, 0.2) is 24.3 Å². The Hall–Kier alpha value is -1.77. The highest BCUT2D eigenvalue weighted by atomic mass is 16.5. The quantitative estimate of drug-likeness (QED) is 0.832. The molecule has 0 aliphatic carbocycles. The minimum absolute atomic E-state index is 0.00412. The number of ketones is 1. The van der Waals surface area contributed by atoms with Gasteiger partial charge in [0.2, 0.25) is 0 Å². The lowest BCUT2D eigenvalue weighted by Crippen LogP contribution is -2.07. The van der Waals surface area contributed by atoms with Crippen LogP contribution in [-0.4, -0.2) is 16.9 Å². The van der Waals surface area contributed by atoms with Crippen LogP contribution in [0.2, 0.25) is 0 Å². The Bertz CT molecular complexity index is 567. The predicted molar refractivity (Wildman–Crippen MR) is 73.2 cm³/mol. The van der Waals surface area contributed by atoms with Gasteiger partial charge >= 0.3 is 0 Å². The molecule has 3 heteroatoms. The molecule has 2 aromatic rings. The zero-order valence-corrected chi connectivity index (χ0v) is 11.3. The monoisotopic (exact) mass is 245 g/mol. The Morgan fingerprint density at radius 2 is 1.89 bits per heavy atom. The van der Waals surface area contributed by atoms with Crippen LogP contribution in [0.1, 0.15) is 38.2 Å². The van der Waals surface area contributed by atoms with Gasteiger partial charge in [-0.25, -0.2) is 0 Å². The normalized spacial score (nSPS) is 11.4. The second kappa shape index (κ2) is 4.84. The second-order valence-corrected chi connectivity index (χ2v) is 5.12. The van der Waals surface area contributed by atoms with Gasteiger partial charge in [0.25, 0.3) is 0 Å². The lowest BCUT2D eigenvalue weighted by molar-refractivity contribution is 0.0935. The molecule has 18 heavy (non-hydrogen) atoms. The number of ether oxygens (including phenoxy) is 1. The van der Waals surface area contributed by atoms with Crippen molar-refractivity contribution in [1.29, 1.82) is 0 Å². The molecular formula is C15H19NO2. The number of hydrogen-bond donors (Lipinski definition) is 1. The van der Waals surface area contributed by atoms with Crippen LogP contribution in [0.25, 0.3) is 10.9 Å². The molecule has 1 aromatic carbocycles. The molecule has 1 N–H and O–H groups in total. The second-order valence-electron chi connectivity index (χ2n) is 5.12. The largest absolute Gasteiger partial charge is 0.491 e. The van der Waals surface area contributed by atoms with Crippen LogP contribution in [0, 0.1) is 5.92 Å². The molecule has 96 valence electrons. The van der Waals surface area contributed by atoms with E-state index in [1.807, 2.05) is 52.0 Å². The molecule has 0 aliphatic heterocycles. The van der Waals surface area contributed by atoms with E-state index in [4.69, 9.17) is 4.74 Å². The smallest absolute Gasteiger partial charge is 0.181 e. The summed E-state index contributed by atoms with van der Waals surface area (Å²) in [4.78, 5) is 15.1. The predicted octanol–water partition coefficient (Wildman–Crippen LogP) is 3.79. The van der Waals surface area contributed by atoms with Crippen LogP contribution >= 0.6 is 0 Å². The van der Waals surface area contributed by atoms with Gasteiger partial charge in [-0.3, -0.25) is 4.79 Å². The third kappa shape index (κ3) is 2.55. The number of nitrogens with one attached hydrogen (secondary N) is 1. The number of H-pyrrole nitrogens is 1. The highest BCUT2D eigenvalue weighted by Crippen LogP contribution is 2.23. The molecule has 0 saturated heterocycles. The molecular weight excluding hydrogens is 226 g/mol. The molecule has 0 saturated carbocycles. The molecule has 1 heterocycles. The third-order valence-corrected chi connectivity index (χ3v) is 2.76. The van der Waals surface area contributed by atoms with Crippen molar-refractivity contribution in [2.75, 3.05) is 0 Å². The summed E-state index contributed by atoms with van der Waals surface area (Å²) < 4.78 is 5.63. The van der Waals surface area contributed by atoms with Crippen molar-refractivity contribution in [1.82, 2.24) is 4.98 Å². The van der Waals surface area contributed by atoms with Gasteiger partial charge in [0, 0.05) is 22.9 Å². The Kier molecular flexibility index (Phi) is 3.41. The fourth-order valence-electron chi connectivity index (χ4n) is 1.90. The highest BCUT2D eigenvalue weighted by molar-refractivity contribution is 6.00. The third-order valence-electron chi connectivity index (χ3n) is 2.76. The molecule has 0 amide bonds. The van der Waals surface area contributed by atoms with E-state index in [-0.39, 0.29) is 17.8 Å². The van der Waals surface area contributed by atoms with E-state index in [0.717, 1.165) is 16.7 Å². The summed E-state index contributed by atoms with van der Waals surface area (Å²) in [6.07, 6.45) is 0.147. The topological polar surface area (TPSA) is 42.1 Å². The number of benzene rings is 1. The number of carbonyl (C=O) groups is 1. The Balaban J connectivity index is 2.36. The standard InChI is InChI=1S/C15H19NO2/c1-9(2)15(17)14-7-11-5-6-12(18-10(3)4)8-13(11)16-14/h5-10,16H,1-4H3. The minimum atomic E-state index is 0.00412. The van der Waals surface area contributed by atoms with Crippen LogP contribution in [0.5, 0.6) is 5.75 Å². The number of fused-ring (bicyclic) bond motifs is 1.